The Kier molecular flexibility index (Phi) is 10.6. The zero-order valence-electron chi connectivity index (χ0n) is 21.3. The zero-order chi connectivity index (χ0) is 26.7. The minimum atomic E-state index is -0.981. The first-order valence-electron chi connectivity index (χ1n) is 11.9. The second-order valence-corrected chi connectivity index (χ2v) is 9.32. The van der Waals surface area contributed by atoms with E-state index in [0.29, 0.717) is 19.4 Å². The number of imidazole rings is 1. The first-order valence-corrected chi connectivity index (χ1v) is 11.9. The van der Waals surface area contributed by atoms with Crippen LogP contribution in [-0.4, -0.2) is 58.0 Å². The van der Waals surface area contributed by atoms with E-state index in [1.54, 1.807) is 20.8 Å². The molecule has 0 aliphatic heterocycles. The van der Waals surface area contributed by atoms with Crippen molar-refractivity contribution in [1.29, 1.82) is 0 Å². The van der Waals surface area contributed by atoms with Gasteiger partial charge in [0.25, 0.3) is 11.8 Å². The molecule has 0 spiro atoms. The number of aromatic amines is 1. The molecule has 0 fully saturated rings. The molecule has 1 aromatic carbocycles. The lowest BCUT2D eigenvalue weighted by atomic mass is 10.1. The van der Waals surface area contributed by atoms with Crippen molar-refractivity contribution in [3.05, 3.63) is 53.6 Å². The van der Waals surface area contributed by atoms with Gasteiger partial charge in [0.2, 0.25) is 0 Å². The van der Waals surface area contributed by atoms with Crippen molar-refractivity contribution in [2.24, 2.45) is 0 Å². The van der Waals surface area contributed by atoms with Crippen LogP contribution in [0.25, 0.3) is 0 Å². The fraction of sp³-hybridized carbons (Fsp3) is 0.480. The van der Waals surface area contributed by atoms with Gasteiger partial charge in [-0.1, -0.05) is 30.3 Å². The molecule has 0 aliphatic carbocycles. The van der Waals surface area contributed by atoms with Gasteiger partial charge in [-0.3, -0.25) is 9.59 Å². The van der Waals surface area contributed by atoms with Crippen LogP contribution in [0.1, 0.15) is 73.5 Å². The van der Waals surface area contributed by atoms with Gasteiger partial charge in [-0.2, -0.15) is 0 Å². The van der Waals surface area contributed by atoms with Crippen LogP contribution in [0.15, 0.2) is 36.7 Å². The van der Waals surface area contributed by atoms with Crippen LogP contribution in [0.3, 0.4) is 0 Å². The normalized spacial score (nSPS) is 12.8. The Morgan fingerprint density at radius 2 is 1.72 bits per heavy atom. The molecule has 0 saturated heterocycles. The molecule has 2 aromatic rings. The Balaban J connectivity index is 2.02. The third-order valence-corrected chi connectivity index (χ3v) is 5.00. The number of H-pyrrole nitrogens is 1. The Bertz CT molecular complexity index is 1030. The largest absolute Gasteiger partial charge is 0.459 e. The number of nitrogens with one attached hydrogen (secondary N) is 3. The summed E-state index contributed by atoms with van der Waals surface area (Å²) in [5.41, 5.74) is 3.52. The fourth-order valence-corrected chi connectivity index (χ4v) is 3.19. The molecule has 11 nitrogen and oxygen atoms in total. The zero-order valence-corrected chi connectivity index (χ0v) is 21.3. The van der Waals surface area contributed by atoms with Gasteiger partial charge < -0.3 is 30.8 Å². The lowest BCUT2D eigenvalue weighted by Gasteiger charge is -2.24. The highest BCUT2D eigenvalue weighted by Crippen LogP contribution is 2.13. The van der Waals surface area contributed by atoms with E-state index in [2.05, 4.69) is 26.3 Å². The maximum absolute atomic E-state index is 12.9. The molecule has 0 bridgehead atoms. The molecule has 1 aromatic heterocycles. The van der Waals surface area contributed by atoms with Crippen molar-refractivity contribution in [1.82, 2.24) is 20.6 Å². The Morgan fingerprint density at radius 3 is 2.36 bits per heavy atom. The highest BCUT2D eigenvalue weighted by molar-refractivity contribution is 6.06. The molecule has 0 saturated carbocycles. The summed E-state index contributed by atoms with van der Waals surface area (Å²) in [6, 6.07) is 7.24. The summed E-state index contributed by atoms with van der Waals surface area (Å²) in [7, 11) is 0. The quantitative estimate of drug-likeness (QED) is 0.249. The highest BCUT2D eigenvalue weighted by Gasteiger charge is 2.30. The molecule has 0 radical (unpaired) electrons. The van der Waals surface area contributed by atoms with E-state index in [1.807, 2.05) is 30.3 Å². The van der Waals surface area contributed by atoms with Crippen LogP contribution in [0.2, 0.25) is 0 Å². The van der Waals surface area contributed by atoms with Crippen LogP contribution in [0.5, 0.6) is 0 Å². The van der Waals surface area contributed by atoms with Crippen LogP contribution >= 0.6 is 0 Å². The maximum atomic E-state index is 12.9. The predicted octanol–water partition coefficient (Wildman–Crippen LogP) is 1.12. The average molecular weight is 503 g/mol. The molecule has 0 unspecified atom stereocenters. The van der Waals surface area contributed by atoms with Gasteiger partial charge >= 0.3 is 11.9 Å². The lowest BCUT2D eigenvalue weighted by Crippen LogP contribution is -2.50. The Hall–Kier alpha value is -3.73. The van der Waals surface area contributed by atoms with E-state index in [9.17, 15) is 19.2 Å². The molecule has 2 rings (SSSR count). The molecule has 2 amide bonds. The van der Waals surface area contributed by atoms with E-state index in [-0.39, 0.29) is 18.0 Å². The number of benzene rings is 1. The summed E-state index contributed by atoms with van der Waals surface area (Å²) in [6.07, 6.45) is 2.99. The number of aromatic nitrogens is 2. The van der Waals surface area contributed by atoms with E-state index in [0.717, 1.165) is 12.0 Å². The van der Waals surface area contributed by atoms with Crippen molar-refractivity contribution in [2.75, 3.05) is 6.54 Å². The Morgan fingerprint density at radius 1 is 1.03 bits per heavy atom. The summed E-state index contributed by atoms with van der Waals surface area (Å²) in [5, 5.41) is 5.12. The Labute approximate surface area is 210 Å². The summed E-state index contributed by atoms with van der Waals surface area (Å²) < 4.78 is 10.7. The van der Waals surface area contributed by atoms with Crippen molar-refractivity contribution in [3.8, 4) is 0 Å². The van der Waals surface area contributed by atoms with Gasteiger partial charge in [0.1, 0.15) is 30.0 Å². The fourth-order valence-electron chi connectivity index (χ4n) is 3.19. The van der Waals surface area contributed by atoms with Crippen molar-refractivity contribution in [2.45, 2.75) is 71.2 Å². The smallest absolute Gasteiger partial charge is 0.329 e. The highest BCUT2D eigenvalue weighted by atomic mass is 16.6. The first-order chi connectivity index (χ1) is 17.0. The number of nitrogens with zero attached hydrogens (tertiary/aromatic N) is 1. The SMILES string of the molecule is C[C@H](NC(=O)c1nc[nH]c1C(=O)N[C@@H](CCCC[NH3+])C(=O)OC(C)(C)C)C(=O)OCc1ccccc1. The molecule has 2 atom stereocenters. The van der Waals surface area contributed by atoms with Gasteiger partial charge in [0, 0.05) is 0 Å². The number of unbranched alkanes of at least 4 members (excludes halogenated alkanes) is 1. The van der Waals surface area contributed by atoms with Crippen molar-refractivity contribution >= 4 is 23.8 Å². The molecular weight excluding hydrogens is 466 g/mol. The number of ether oxygens (including phenoxy) is 2. The summed E-state index contributed by atoms with van der Waals surface area (Å²) in [6.45, 7) is 7.45. The number of rotatable bonds is 12. The van der Waals surface area contributed by atoms with E-state index in [1.165, 1.54) is 13.3 Å². The second kappa shape index (κ2) is 13.4. The van der Waals surface area contributed by atoms with Gasteiger partial charge in [-0.15, -0.1) is 0 Å². The second-order valence-electron chi connectivity index (χ2n) is 9.32. The third-order valence-electron chi connectivity index (χ3n) is 5.00. The number of carbonyl (C=O) groups excluding carboxylic acids is 4. The number of esters is 2. The number of amides is 2. The average Bonchev–Trinajstić information content (AvgIpc) is 3.32. The van der Waals surface area contributed by atoms with E-state index in [4.69, 9.17) is 9.47 Å². The van der Waals surface area contributed by atoms with E-state index < -0.39 is 41.4 Å². The molecule has 36 heavy (non-hydrogen) atoms. The standard InChI is InChI=1S/C25H35N5O6/c1-16(23(33)35-14-17-10-6-5-7-11-17)29-21(31)19-20(28-15-27-19)22(32)30-18(12-8-9-13-26)24(34)36-25(2,3)4/h5-7,10-11,15-16,18H,8-9,12-14,26H2,1-4H3,(H,27,28)(H,29,31)(H,30,32)/p+1/t16-,18-/m0/s1. The number of hydrogen-bond acceptors (Lipinski definition) is 7. The predicted molar refractivity (Wildman–Crippen MR) is 130 cm³/mol. The van der Waals surface area contributed by atoms with Crippen molar-refractivity contribution in [3.63, 3.8) is 0 Å². The van der Waals surface area contributed by atoms with Gasteiger partial charge in [0.15, 0.2) is 5.69 Å². The number of carbonyl (C=O) groups is 4. The molecule has 6 N–H and O–H groups in total. The molecule has 196 valence electrons. The summed E-state index contributed by atoms with van der Waals surface area (Å²) >= 11 is 0. The van der Waals surface area contributed by atoms with Gasteiger partial charge in [-0.05, 0) is 52.5 Å². The maximum Gasteiger partial charge on any atom is 0.329 e. The van der Waals surface area contributed by atoms with Crippen LogP contribution in [0, 0.1) is 0 Å². The van der Waals surface area contributed by atoms with Crippen LogP contribution < -0.4 is 16.4 Å². The minimum Gasteiger partial charge on any atom is -0.459 e. The molecular formula is C25H36N5O6+. The minimum absolute atomic E-state index is 0.0656. The topological polar surface area (TPSA) is 167 Å². The monoisotopic (exact) mass is 502 g/mol. The lowest BCUT2D eigenvalue weighted by molar-refractivity contribution is -0.368. The number of hydrogen-bond donors (Lipinski definition) is 4. The summed E-state index contributed by atoms with van der Waals surface area (Å²) in [5.74, 6) is -2.64. The third kappa shape index (κ3) is 9.14. The van der Waals surface area contributed by atoms with E-state index >= 15 is 0 Å². The molecule has 1 heterocycles. The molecule has 11 heteroatoms. The van der Waals surface area contributed by atoms with Crippen LogP contribution in [-0.2, 0) is 25.7 Å². The van der Waals surface area contributed by atoms with Gasteiger partial charge in [0.05, 0.1) is 12.9 Å². The van der Waals surface area contributed by atoms with Gasteiger partial charge in [-0.25, -0.2) is 14.6 Å². The van der Waals surface area contributed by atoms with Crippen LogP contribution in [0.4, 0.5) is 0 Å². The first kappa shape index (κ1) is 28.5. The number of quaternary nitrogens is 1. The summed E-state index contributed by atoms with van der Waals surface area (Å²) in [4.78, 5) is 57.2. The van der Waals surface area contributed by atoms with Crippen molar-refractivity contribution < 1.29 is 34.4 Å². The molecule has 0 aliphatic rings.